The van der Waals surface area contributed by atoms with Gasteiger partial charge in [0.15, 0.2) is 0 Å². The van der Waals surface area contributed by atoms with E-state index in [1.54, 1.807) is 6.20 Å². The van der Waals surface area contributed by atoms with Gasteiger partial charge in [-0.1, -0.05) is 35.9 Å². The SMILES string of the molecule is Cc1ccc(Oc2ccc(NC(=O)c3c[nH]c4ccccc34)cc2)cc1. The van der Waals surface area contributed by atoms with Gasteiger partial charge in [-0.05, 0) is 49.4 Å². The summed E-state index contributed by atoms with van der Waals surface area (Å²) in [6.45, 7) is 2.04. The molecule has 1 amide bonds. The Hall–Kier alpha value is -3.53. The second-order valence-electron chi connectivity index (χ2n) is 6.14. The van der Waals surface area contributed by atoms with Crippen molar-refractivity contribution in [3.8, 4) is 11.5 Å². The van der Waals surface area contributed by atoms with Crippen molar-refractivity contribution in [3.05, 3.63) is 90.1 Å². The first-order chi connectivity index (χ1) is 12.7. The molecule has 0 aliphatic rings. The number of benzene rings is 3. The molecule has 26 heavy (non-hydrogen) atoms. The van der Waals surface area contributed by atoms with E-state index < -0.39 is 0 Å². The number of carbonyl (C=O) groups is 1. The van der Waals surface area contributed by atoms with Crippen LogP contribution in [0.4, 0.5) is 5.69 Å². The molecule has 1 aromatic heterocycles. The Bertz CT molecular complexity index is 1050. The molecule has 0 radical (unpaired) electrons. The predicted molar refractivity (Wildman–Crippen MR) is 104 cm³/mol. The van der Waals surface area contributed by atoms with E-state index in [-0.39, 0.29) is 5.91 Å². The first kappa shape index (κ1) is 16.0. The van der Waals surface area contributed by atoms with Gasteiger partial charge in [0.1, 0.15) is 11.5 Å². The van der Waals surface area contributed by atoms with E-state index >= 15 is 0 Å². The Labute approximate surface area is 151 Å². The molecule has 0 fully saturated rings. The second kappa shape index (κ2) is 6.76. The predicted octanol–water partition coefficient (Wildman–Crippen LogP) is 5.52. The van der Waals surface area contributed by atoms with E-state index in [1.807, 2.05) is 79.7 Å². The lowest BCUT2D eigenvalue weighted by molar-refractivity contribution is 0.102. The van der Waals surface area contributed by atoms with Crippen LogP contribution in [0.5, 0.6) is 11.5 Å². The minimum absolute atomic E-state index is 0.144. The number of aromatic amines is 1. The lowest BCUT2D eigenvalue weighted by Crippen LogP contribution is -2.11. The highest BCUT2D eigenvalue weighted by Crippen LogP contribution is 2.24. The molecule has 4 aromatic rings. The molecule has 4 heteroatoms. The van der Waals surface area contributed by atoms with E-state index in [0.29, 0.717) is 5.56 Å². The van der Waals surface area contributed by atoms with Crippen molar-refractivity contribution in [2.75, 3.05) is 5.32 Å². The summed E-state index contributed by atoms with van der Waals surface area (Å²) in [5.41, 5.74) is 3.48. The Morgan fingerprint density at radius 2 is 1.54 bits per heavy atom. The number of carbonyl (C=O) groups excluding carboxylic acids is 1. The third-order valence-electron chi connectivity index (χ3n) is 4.20. The summed E-state index contributed by atoms with van der Waals surface area (Å²) < 4.78 is 5.81. The molecule has 0 saturated heterocycles. The number of ether oxygens (including phenoxy) is 1. The number of aryl methyl sites for hydroxylation is 1. The molecule has 2 N–H and O–H groups in total. The summed E-state index contributed by atoms with van der Waals surface area (Å²) in [6, 6.07) is 22.9. The molecular formula is C22H18N2O2. The average molecular weight is 342 g/mol. The maximum absolute atomic E-state index is 12.5. The molecular weight excluding hydrogens is 324 g/mol. The highest BCUT2D eigenvalue weighted by molar-refractivity contribution is 6.12. The number of anilines is 1. The Balaban J connectivity index is 1.47. The maximum Gasteiger partial charge on any atom is 0.257 e. The van der Waals surface area contributed by atoms with Crippen LogP contribution < -0.4 is 10.1 Å². The summed E-state index contributed by atoms with van der Waals surface area (Å²) in [5.74, 6) is 1.36. The first-order valence-corrected chi connectivity index (χ1v) is 8.41. The quantitative estimate of drug-likeness (QED) is 0.513. The smallest absolute Gasteiger partial charge is 0.257 e. The van der Waals surface area contributed by atoms with Crippen molar-refractivity contribution in [3.63, 3.8) is 0 Å². The topological polar surface area (TPSA) is 54.1 Å². The van der Waals surface area contributed by atoms with Crippen LogP contribution in [0, 0.1) is 6.92 Å². The molecule has 0 bridgehead atoms. The summed E-state index contributed by atoms with van der Waals surface area (Å²) in [7, 11) is 0. The van der Waals surface area contributed by atoms with Gasteiger partial charge in [-0.25, -0.2) is 0 Å². The van der Waals surface area contributed by atoms with Crippen molar-refractivity contribution in [2.45, 2.75) is 6.92 Å². The van der Waals surface area contributed by atoms with Gasteiger partial charge in [-0.2, -0.15) is 0 Å². The van der Waals surface area contributed by atoms with Crippen molar-refractivity contribution in [1.82, 2.24) is 4.98 Å². The van der Waals surface area contributed by atoms with Gasteiger partial charge in [-0.3, -0.25) is 4.79 Å². The van der Waals surface area contributed by atoms with Crippen LogP contribution in [0.25, 0.3) is 10.9 Å². The number of hydrogen-bond donors (Lipinski definition) is 2. The van der Waals surface area contributed by atoms with Crippen molar-refractivity contribution in [1.29, 1.82) is 0 Å². The Morgan fingerprint density at radius 3 is 2.27 bits per heavy atom. The number of fused-ring (bicyclic) bond motifs is 1. The monoisotopic (exact) mass is 342 g/mol. The highest BCUT2D eigenvalue weighted by atomic mass is 16.5. The molecule has 3 aromatic carbocycles. The van der Waals surface area contributed by atoms with E-state index in [9.17, 15) is 4.79 Å². The number of nitrogens with one attached hydrogen (secondary N) is 2. The van der Waals surface area contributed by atoms with Gasteiger partial charge in [0.05, 0.1) is 5.56 Å². The lowest BCUT2D eigenvalue weighted by atomic mass is 10.1. The molecule has 0 saturated carbocycles. The average Bonchev–Trinajstić information content (AvgIpc) is 3.09. The van der Waals surface area contributed by atoms with Crippen molar-refractivity contribution in [2.24, 2.45) is 0 Å². The standard InChI is InChI=1S/C22H18N2O2/c1-15-6-10-17(11-7-15)26-18-12-8-16(9-13-18)24-22(25)20-14-23-21-5-3-2-4-19(20)21/h2-14,23H,1H3,(H,24,25). The Kier molecular flexibility index (Phi) is 4.15. The molecule has 0 atom stereocenters. The number of aromatic nitrogens is 1. The molecule has 1 heterocycles. The number of amides is 1. The van der Waals surface area contributed by atoms with Crippen LogP contribution >= 0.6 is 0 Å². The molecule has 0 aliphatic carbocycles. The van der Waals surface area contributed by atoms with Gasteiger partial charge < -0.3 is 15.0 Å². The van der Waals surface area contributed by atoms with Crippen LogP contribution in [-0.4, -0.2) is 10.9 Å². The molecule has 4 nitrogen and oxygen atoms in total. The minimum atomic E-state index is -0.144. The van der Waals surface area contributed by atoms with Crippen LogP contribution in [0.2, 0.25) is 0 Å². The zero-order valence-electron chi connectivity index (χ0n) is 14.3. The fraction of sp³-hybridized carbons (Fsp3) is 0.0455. The van der Waals surface area contributed by atoms with E-state index in [4.69, 9.17) is 4.74 Å². The fourth-order valence-electron chi connectivity index (χ4n) is 2.81. The van der Waals surface area contributed by atoms with Crippen LogP contribution in [0.3, 0.4) is 0 Å². The third-order valence-corrected chi connectivity index (χ3v) is 4.20. The first-order valence-electron chi connectivity index (χ1n) is 8.41. The minimum Gasteiger partial charge on any atom is -0.457 e. The third kappa shape index (κ3) is 3.30. The van der Waals surface area contributed by atoms with Crippen molar-refractivity contribution >= 4 is 22.5 Å². The van der Waals surface area contributed by atoms with Crippen LogP contribution in [0.15, 0.2) is 79.0 Å². The van der Waals surface area contributed by atoms with E-state index in [2.05, 4.69) is 10.3 Å². The van der Waals surface area contributed by atoms with Crippen LogP contribution in [0.1, 0.15) is 15.9 Å². The van der Waals surface area contributed by atoms with Gasteiger partial charge in [-0.15, -0.1) is 0 Å². The summed E-state index contributed by atoms with van der Waals surface area (Å²) >= 11 is 0. The maximum atomic E-state index is 12.5. The highest BCUT2D eigenvalue weighted by Gasteiger charge is 2.11. The molecule has 0 aliphatic heterocycles. The van der Waals surface area contributed by atoms with Crippen LogP contribution in [-0.2, 0) is 0 Å². The normalized spacial score (nSPS) is 10.7. The Morgan fingerprint density at radius 1 is 0.885 bits per heavy atom. The second-order valence-corrected chi connectivity index (χ2v) is 6.14. The number of rotatable bonds is 4. The number of hydrogen-bond acceptors (Lipinski definition) is 2. The van der Waals surface area contributed by atoms with Crippen molar-refractivity contribution < 1.29 is 9.53 Å². The summed E-state index contributed by atoms with van der Waals surface area (Å²) in [6.07, 6.45) is 1.73. The molecule has 0 unspecified atom stereocenters. The summed E-state index contributed by atoms with van der Waals surface area (Å²) in [4.78, 5) is 15.6. The largest absolute Gasteiger partial charge is 0.457 e. The van der Waals surface area contributed by atoms with E-state index in [0.717, 1.165) is 28.1 Å². The van der Waals surface area contributed by atoms with Gasteiger partial charge in [0.25, 0.3) is 5.91 Å². The summed E-state index contributed by atoms with van der Waals surface area (Å²) in [5, 5.41) is 3.83. The zero-order valence-corrected chi connectivity index (χ0v) is 14.3. The molecule has 128 valence electrons. The zero-order chi connectivity index (χ0) is 17.9. The fourth-order valence-corrected chi connectivity index (χ4v) is 2.81. The molecule has 0 spiro atoms. The van der Waals surface area contributed by atoms with Gasteiger partial charge >= 0.3 is 0 Å². The number of H-pyrrole nitrogens is 1. The number of para-hydroxylation sites is 1. The van der Waals surface area contributed by atoms with E-state index in [1.165, 1.54) is 5.56 Å². The van der Waals surface area contributed by atoms with Gasteiger partial charge in [0, 0.05) is 22.8 Å². The lowest BCUT2D eigenvalue weighted by Gasteiger charge is -2.08. The molecule has 4 rings (SSSR count). The van der Waals surface area contributed by atoms with Gasteiger partial charge in [0.2, 0.25) is 0 Å².